The lowest BCUT2D eigenvalue weighted by molar-refractivity contribution is -0.128. The summed E-state index contributed by atoms with van der Waals surface area (Å²) in [6, 6.07) is 4.38. The van der Waals surface area contributed by atoms with Crippen molar-refractivity contribution in [1.82, 2.24) is 10.6 Å². The molecule has 0 saturated heterocycles. The second kappa shape index (κ2) is 6.27. The van der Waals surface area contributed by atoms with E-state index >= 15 is 0 Å². The predicted octanol–water partition coefficient (Wildman–Crippen LogP) is 0.903. The van der Waals surface area contributed by atoms with Crippen LogP contribution in [-0.4, -0.2) is 37.6 Å². The van der Waals surface area contributed by atoms with Gasteiger partial charge >= 0.3 is 0 Å². The fourth-order valence-corrected chi connectivity index (χ4v) is 1.64. The molecule has 6 heteroatoms. The summed E-state index contributed by atoms with van der Waals surface area (Å²) in [5, 5.41) is 14.9. The number of amides is 2. The summed E-state index contributed by atoms with van der Waals surface area (Å²) in [4.78, 5) is 23.7. The fraction of sp³-hybridized carbons (Fsp3) is 0.429. The molecule has 6 nitrogen and oxygen atoms in total. The average molecular weight is 280 g/mol. The van der Waals surface area contributed by atoms with E-state index in [0.29, 0.717) is 5.75 Å². The van der Waals surface area contributed by atoms with Crippen LogP contribution in [0.15, 0.2) is 18.2 Å². The van der Waals surface area contributed by atoms with Gasteiger partial charge in [-0.2, -0.15) is 0 Å². The van der Waals surface area contributed by atoms with Gasteiger partial charge in [-0.15, -0.1) is 0 Å². The first-order chi connectivity index (χ1) is 9.31. The molecule has 1 aromatic rings. The molecule has 0 bridgehead atoms. The smallest absolute Gasteiger partial charge is 0.255 e. The van der Waals surface area contributed by atoms with E-state index in [1.54, 1.807) is 27.0 Å². The lowest BCUT2D eigenvalue weighted by Gasteiger charge is -2.22. The van der Waals surface area contributed by atoms with E-state index in [0.717, 1.165) is 0 Å². The first-order valence-electron chi connectivity index (χ1n) is 6.19. The van der Waals surface area contributed by atoms with Gasteiger partial charge < -0.3 is 20.5 Å². The number of phenolic OH excluding ortho intramolecular Hbond substituents is 1. The molecule has 0 aliphatic heterocycles. The van der Waals surface area contributed by atoms with Gasteiger partial charge in [0.05, 0.1) is 18.1 Å². The molecule has 0 heterocycles. The summed E-state index contributed by atoms with van der Waals surface area (Å²) in [6.45, 7) is 3.59. The van der Waals surface area contributed by atoms with Crippen LogP contribution in [-0.2, 0) is 4.79 Å². The summed E-state index contributed by atoms with van der Waals surface area (Å²) in [6.07, 6.45) is 0. The Labute approximate surface area is 118 Å². The van der Waals surface area contributed by atoms with Gasteiger partial charge in [0.1, 0.15) is 11.5 Å². The van der Waals surface area contributed by atoms with Crippen LogP contribution in [0.3, 0.4) is 0 Å². The Morgan fingerprint density at radius 2 is 2.00 bits per heavy atom. The van der Waals surface area contributed by atoms with Crippen LogP contribution in [0.5, 0.6) is 11.5 Å². The van der Waals surface area contributed by atoms with Crippen LogP contribution in [0.2, 0.25) is 0 Å². The topological polar surface area (TPSA) is 87.7 Å². The Balaban J connectivity index is 2.80. The molecule has 110 valence electrons. The van der Waals surface area contributed by atoms with Crippen LogP contribution in [0.1, 0.15) is 24.2 Å². The zero-order valence-corrected chi connectivity index (χ0v) is 12.1. The number of phenols is 1. The maximum absolute atomic E-state index is 12.0. The quantitative estimate of drug-likeness (QED) is 0.748. The number of aromatic hydroxyl groups is 1. The summed E-state index contributed by atoms with van der Waals surface area (Å²) in [5.41, 5.74) is -0.629. The Morgan fingerprint density at radius 3 is 2.55 bits per heavy atom. The number of benzene rings is 1. The number of carbonyl (C=O) groups is 2. The largest absolute Gasteiger partial charge is 0.507 e. The molecular weight excluding hydrogens is 260 g/mol. The minimum absolute atomic E-state index is 0.108. The number of carbonyl (C=O) groups excluding carboxylic acids is 2. The number of ether oxygens (including phenoxy) is 1. The minimum Gasteiger partial charge on any atom is -0.507 e. The molecule has 0 atom stereocenters. The van der Waals surface area contributed by atoms with Crippen molar-refractivity contribution >= 4 is 11.8 Å². The van der Waals surface area contributed by atoms with Crippen molar-refractivity contribution in [3.8, 4) is 11.5 Å². The van der Waals surface area contributed by atoms with Crippen LogP contribution >= 0.6 is 0 Å². The molecular formula is C14H20N2O4. The molecule has 0 aliphatic rings. The second-order valence-corrected chi connectivity index (χ2v) is 5.03. The van der Waals surface area contributed by atoms with Crippen LogP contribution < -0.4 is 15.4 Å². The van der Waals surface area contributed by atoms with Gasteiger partial charge in [0.25, 0.3) is 5.91 Å². The zero-order valence-electron chi connectivity index (χ0n) is 12.1. The average Bonchev–Trinajstić information content (AvgIpc) is 2.44. The van der Waals surface area contributed by atoms with E-state index < -0.39 is 11.3 Å². The van der Waals surface area contributed by atoms with Crippen LogP contribution in [0.25, 0.3) is 0 Å². The highest BCUT2D eigenvalue weighted by molar-refractivity contribution is 5.97. The number of methoxy groups -OCH3 is 1. The third-order valence-corrected chi connectivity index (χ3v) is 2.98. The Hall–Kier alpha value is -2.24. The van der Waals surface area contributed by atoms with E-state index in [1.165, 1.54) is 19.2 Å². The van der Waals surface area contributed by atoms with Gasteiger partial charge in [-0.3, -0.25) is 9.59 Å². The van der Waals surface area contributed by atoms with E-state index in [9.17, 15) is 14.7 Å². The molecule has 0 aromatic heterocycles. The van der Waals surface area contributed by atoms with E-state index in [4.69, 9.17) is 4.74 Å². The highest BCUT2D eigenvalue weighted by Gasteiger charge is 2.27. The number of rotatable bonds is 5. The van der Waals surface area contributed by atoms with Gasteiger partial charge in [-0.05, 0) is 32.0 Å². The standard InChI is InChI=1S/C14H20N2O4/c1-14(2,13(19)15-3)8-16-12(18)10-7-9(20-4)5-6-11(10)17/h5-7,17H,8H2,1-4H3,(H,15,19)(H,16,18). The highest BCUT2D eigenvalue weighted by atomic mass is 16.5. The molecule has 0 radical (unpaired) electrons. The van der Waals surface area contributed by atoms with Gasteiger partial charge in [0, 0.05) is 13.6 Å². The molecule has 0 saturated carbocycles. The number of nitrogens with one attached hydrogen (secondary N) is 2. The molecule has 0 unspecified atom stereocenters. The number of hydrogen-bond acceptors (Lipinski definition) is 4. The van der Waals surface area contributed by atoms with Crippen molar-refractivity contribution in [2.75, 3.05) is 20.7 Å². The van der Waals surface area contributed by atoms with Gasteiger partial charge in [0.2, 0.25) is 5.91 Å². The van der Waals surface area contributed by atoms with Crippen molar-refractivity contribution in [2.45, 2.75) is 13.8 Å². The van der Waals surface area contributed by atoms with Crippen molar-refractivity contribution in [3.63, 3.8) is 0 Å². The summed E-state index contributed by atoms with van der Waals surface area (Å²) in [5.74, 6) is -0.300. The molecule has 0 aliphatic carbocycles. The third-order valence-electron chi connectivity index (χ3n) is 2.98. The van der Waals surface area contributed by atoms with Crippen molar-refractivity contribution in [1.29, 1.82) is 0 Å². The van der Waals surface area contributed by atoms with Gasteiger partial charge in [0.15, 0.2) is 0 Å². The molecule has 1 rings (SSSR count). The maximum atomic E-state index is 12.0. The lowest BCUT2D eigenvalue weighted by atomic mass is 9.92. The van der Waals surface area contributed by atoms with Crippen molar-refractivity contribution in [3.05, 3.63) is 23.8 Å². The molecule has 0 spiro atoms. The molecule has 0 fully saturated rings. The fourth-order valence-electron chi connectivity index (χ4n) is 1.64. The highest BCUT2D eigenvalue weighted by Crippen LogP contribution is 2.23. The van der Waals surface area contributed by atoms with Crippen LogP contribution in [0, 0.1) is 5.41 Å². The normalized spacial score (nSPS) is 10.8. The lowest BCUT2D eigenvalue weighted by Crippen LogP contribution is -2.43. The third kappa shape index (κ3) is 3.63. The van der Waals surface area contributed by atoms with Gasteiger partial charge in [-0.1, -0.05) is 0 Å². The summed E-state index contributed by atoms with van der Waals surface area (Å²) < 4.78 is 5.01. The van der Waals surface area contributed by atoms with Gasteiger partial charge in [-0.25, -0.2) is 0 Å². The first-order valence-corrected chi connectivity index (χ1v) is 6.19. The second-order valence-electron chi connectivity index (χ2n) is 5.03. The molecule has 3 N–H and O–H groups in total. The van der Waals surface area contributed by atoms with Crippen molar-refractivity contribution < 1.29 is 19.4 Å². The molecule has 20 heavy (non-hydrogen) atoms. The Bertz CT molecular complexity index is 512. The monoisotopic (exact) mass is 280 g/mol. The predicted molar refractivity (Wildman–Crippen MR) is 74.8 cm³/mol. The van der Waals surface area contributed by atoms with E-state index in [-0.39, 0.29) is 23.8 Å². The molecule has 1 aromatic carbocycles. The molecule has 2 amide bonds. The summed E-state index contributed by atoms with van der Waals surface area (Å²) in [7, 11) is 3.02. The Morgan fingerprint density at radius 1 is 1.35 bits per heavy atom. The minimum atomic E-state index is -0.737. The Kier molecular flexibility index (Phi) is 4.96. The maximum Gasteiger partial charge on any atom is 0.255 e. The first kappa shape index (κ1) is 15.8. The SMILES string of the molecule is CNC(=O)C(C)(C)CNC(=O)c1cc(OC)ccc1O. The van der Waals surface area contributed by atoms with Crippen molar-refractivity contribution in [2.24, 2.45) is 5.41 Å². The van der Waals surface area contributed by atoms with Crippen LogP contribution in [0.4, 0.5) is 0 Å². The summed E-state index contributed by atoms with van der Waals surface area (Å²) >= 11 is 0. The number of hydrogen-bond donors (Lipinski definition) is 3. The van der Waals surface area contributed by atoms with E-state index in [2.05, 4.69) is 10.6 Å². The van der Waals surface area contributed by atoms with E-state index in [1.807, 2.05) is 0 Å². The zero-order chi connectivity index (χ0) is 15.3.